The van der Waals surface area contributed by atoms with E-state index in [-0.39, 0.29) is 5.91 Å². The zero-order valence-electron chi connectivity index (χ0n) is 10.2. The van der Waals surface area contributed by atoms with Crippen LogP contribution in [0.15, 0.2) is 0 Å². The molecule has 0 fully saturated rings. The summed E-state index contributed by atoms with van der Waals surface area (Å²) in [6, 6.07) is 0. The van der Waals surface area contributed by atoms with E-state index in [1.165, 1.54) is 6.42 Å². The minimum absolute atomic E-state index is 0.102. The highest BCUT2D eigenvalue weighted by molar-refractivity contribution is 5.77. The average molecular weight is 216 g/mol. The van der Waals surface area contributed by atoms with Crippen molar-refractivity contribution in [2.75, 3.05) is 40.4 Å². The molecule has 0 atom stereocenters. The molecule has 0 bridgehead atoms. The average Bonchev–Trinajstić information content (AvgIpc) is 2.21. The van der Waals surface area contributed by atoms with Gasteiger partial charge in [0.05, 0.1) is 6.54 Å². The highest BCUT2D eigenvalue weighted by Gasteiger charge is 2.04. The van der Waals surface area contributed by atoms with E-state index in [0.717, 1.165) is 19.4 Å². The summed E-state index contributed by atoms with van der Waals surface area (Å²) >= 11 is 0. The number of ether oxygens (including phenoxy) is 1. The molecule has 15 heavy (non-hydrogen) atoms. The molecule has 1 N–H and O–H groups in total. The van der Waals surface area contributed by atoms with Gasteiger partial charge in [0.25, 0.3) is 0 Å². The van der Waals surface area contributed by atoms with E-state index in [9.17, 15) is 4.79 Å². The maximum atomic E-state index is 11.4. The Balaban J connectivity index is 3.38. The lowest BCUT2D eigenvalue weighted by Gasteiger charge is -2.15. The van der Waals surface area contributed by atoms with Crippen molar-refractivity contribution in [3.63, 3.8) is 0 Å². The Morgan fingerprint density at radius 3 is 2.73 bits per heavy atom. The lowest BCUT2D eigenvalue weighted by molar-refractivity contribution is -0.122. The van der Waals surface area contributed by atoms with Crippen LogP contribution >= 0.6 is 0 Å². The number of hydrogen-bond acceptors (Lipinski definition) is 3. The van der Waals surface area contributed by atoms with Crippen LogP contribution < -0.4 is 5.32 Å². The summed E-state index contributed by atoms with van der Waals surface area (Å²) in [7, 11) is 3.64. The van der Waals surface area contributed by atoms with Gasteiger partial charge in [-0.05, 0) is 26.4 Å². The van der Waals surface area contributed by atoms with Crippen LogP contribution in [-0.2, 0) is 9.53 Å². The van der Waals surface area contributed by atoms with Crippen LogP contribution in [0, 0.1) is 0 Å². The van der Waals surface area contributed by atoms with Crippen LogP contribution in [-0.4, -0.2) is 51.2 Å². The maximum Gasteiger partial charge on any atom is 0.234 e. The molecule has 0 unspecified atom stereocenters. The fourth-order valence-electron chi connectivity index (χ4n) is 1.25. The smallest absolute Gasteiger partial charge is 0.234 e. The number of rotatable bonds is 9. The number of hydrogen-bond donors (Lipinski definition) is 1. The molecule has 0 aromatic rings. The molecule has 0 aromatic heterocycles. The molecule has 0 saturated heterocycles. The molecule has 0 radical (unpaired) electrons. The number of nitrogens with zero attached hydrogens (tertiary/aromatic N) is 1. The van der Waals surface area contributed by atoms with Crippen molar-refractivity contribution in [2.45, 2.75) is 26.2 Å². The fraction of sp³-hybridized carbons (Fsp3) is 0.909. The number of methoxy groups -OCH3 is 1. The molecule has 0 aliphatic heterocycles. The highest BCUT2D eigenvalue weighted by atomic mass is 16.5. The Bertz CT molecular complexity index is 163. The van der Waals surface area contributed by atoms with Crippen molar-refractivity contribution in [2.24, 2.45) is 0 Å². The molecule has 0 aliphatic carbocycles. The van der Waals surface area contributed by atoms with Crippen molar-refractivity contribution >= 4 is 5.91 Å². The van der Waals surface area contributed by atoms with Gasteiger partial charge in [0.15, 0.2) is 0 Å². The SMILES string of the molecule is CCCCN(C)CC(=O)NCCCOC. The van der Waals surface area contributed by atoms with Crippen molar-refractivity contribution in [1.29, 1.82) is 0 Å². The number of likely N-dealkylation sites (N-methyl/N-ethyl adjacent to an activating group) is 1. The monoisotopic (exact) mass is 216 g/mol. The minimum Gasteiger partial charge on any atom is -0.385 e. The van der Waals surface area contributed by atoms with E-state index < -0.39 is 0 Å². The first kappa shape index (κ1) is 14.4. The summed E-state index contributed by atoms with van der Waals surface area (Å²) in [5, 5.41) is 2.86. The van der Waals surface area contributed by atoms with Crippen LogP contribution in [0.1, 0.15) is 26.2 Å². The second kappa shape index (κ2) is 9.93. The molecule has 0 rings (SSSR count). The minimum atomic E-state index is 0.102. The van der Waals surface area contributed by atoms with Gasteiger partial charge in [-0.1, -0.05) is 13.3 Å². The third kappa shape index (κ3) is 9.69. The predicted octanol–water partition coefficient (Wildman–Crippen LogP) is 0.871. The van der Waals surface area contributed by atoms with Crippen LogP contribution in [0.3, 0.4) is 0 Å². The van der Waals surface area contributed by atoms with Gasteiger partial charge in [0, 0.05) is 20.3 Å². The number of unbranched alkanes of at least 4 members (excludes halogenated alkanes) is 1. The first-order chi connectivity index (χ1) is 7.20. The molecule has 0 saturated carbocycles. The van der Waals surface area contributed by atoms with Crippen molar-refractivity contribution in [3.8, 4) is 0 Å². The fourth-order valence-corrected chi connectivity index (χ4v) is 1.25. The standard InChI is InChI=1S/C11H24N2O2/c1-4-5-8-13(2)10-11(14)12-7-6-9-15-3/h4-10H2,1-3H3,(H,12,14). The first-order valence-corrected chi connectivity index (χ1v) is 5.64. The Kier molecular flexibility index (Phi) is 9.52. The molecule has 0 aromatic carbocycles. The molecule has 0 heterocycles. The molecule has 4 heteroatoms. The molecular weight excluding hydrogens is 192 g/mol. The van der Waals surface area contributed by atoms with Gasteiger partial charge in [-0.15, -0.1) is 0 Å². The maximum absolute atomic E-state index is 11.4. The Hall–Kier alpha value is -0.610. The lowest BCUT2D eigenvalue weighted by atomic mass is 10.3. The van der Waals surface area contributed by atoms with Gasteiger partial charge in [-0.3, -0.25) is 9.69 Å². The van der Waals surface area contributed by atoms with Gasteiger partial charge in [0.1, 0.15) is 0 Å². The summed E-state index contributed by atoms with van der Waals surface area (Å²) in [4.78, 5) is 13.4. The Labute approximate surface area is 93.0 Å². The number of amides is 1. The zero-order chi connectivity index (χ0) is 11.5. The first-order valence-electron chi connectivity index (χ1n) is 5.64. The summed E-state index contributed by atoms with van der Waals surface area (Å²) < 4.78 is 4.90. The molecule has 90 valence electrons. The summed E-state index contributed by atoms with van der Waals surface area (Å²) in [6.45, 7) is 5.04. The van der Waals surface area contributed by atoms with Gasteiger partial charge in [0.2, 0.25) is 5.91 Å². The molecule has 4 nitrogen and oxygen atoms in total. The van der Waals surface area contributed by atoms with Gasteiger partial charge in [-0.2, -0.15) is 0 Å². The van der Waals surface area contributed by atoms with E-state index in [2.05, 4.69) is 17.1 Å². The summed E-state index contributed by atoms with van der Waals surface area (Å²) in [5.74, 6) is 0.102. The largest absolute Gasteiger partial charge is 0.385 e. The lowest BCUT2D eigenvalue weighted by Crippen LogP contribution is -2.36. The quantitative estimate of drug-likeness (QED) is 0.582. The highest BCUT2D eigenvalue weighted by Crippen LogP contribution is 1.90. The number of carbonyl (C=O) groups excluding carboxylic acids is 1. The van der Waals surface area contributed by atoms with E-state index in [0.29, 0.717) is 19.7 Å². The topological polar surface area (TPSA) is 41.6 Å². The van der Waals surface area contributed by atoms with Crippen LogP contribution in [0.4, 0.5) is 0 Å². The summed E-state index contributed by atoms with van der Waals surface area (Å²) in [6.07, 6.45) is 3.19. The molecule has 0 aliphatic rings. The normalized spacial score (nSPS) is 10.7. The van der Waals surface area contributed by atoms with Gasteiger partial charge in [-0.25, -0.2) is 0 Å². The predicted molar refractivity (Wildman–Crippen MR) is 61.9 cm³/mol. The summed E-state index contributed by atoms with van der Waals surface area (Å²) in [5.41, 5.74) is 0. The Morgan fingerprint density at radius 1 is 1.40 bits per heavy atom. The van der Waals surface area contributed by atoms with Crippen LogP contribution in [0.25, 0.3) is 0 Å². The second-order valence-corrected chi connectivity index (χ2v) is 3.79. The van der Waals surface area contributed by atoms with Gasteiger partial charge >= 0.3 is 0 Å². The molecular formula is C11H24N2O2. The van der Waals surface area contributed by atoms with Crippen molar-refractivity contribution in [3.05, 3.63) is 0 Å². The Morgan fingerprint density at radius 2 is 2.13 bits per heavy atom. The number of nitrogens with one attached hydrogen (secondary N) is 1. The zero-order valence-corrected chi connectivity index (χ0v) is 10.2. The van der Waals surface area contributed by atoms with E-state index in [1.807, 2.05) is 7.05 Å². The van der Waals surface area contributed by atoms with E-state index in [4.69, 9.17) is 4.74 Å². The molecule has 1 amide bonds. The molecule has 0 spiro atoms. The third-order valence-electron chi connectivity index (χ3n) is 2.15. The second-order valence-electron chi connectivity index (χ2n) is 3.79. The van der Waals surface area contributed by atoms with Crippen LogP contribution in [0.2, 0.25) is 0 Å². The van der Waals surface area contributed by atoms with Crippen LogP contribution in [0.5, 0.6) is 0 Å². The van der Waals surface area contributed by atoms with Crippen molar-refractivity contribution in [1.82, 2.24) is 10.2 Å². The third-order valence-corrected chi connectivity index (χ3v) is 2.15. The van der Waals surface area contributed by atoms with Crippen molar-refractivity contribution < 1.29 is 9.53 Å². The number of carbonyl (C=O) groups is 1. The van der Waals surface area contributed by atoms with Gasteiger partial charge < -0.3 is 10.1 Å². The van der Waals surface area contributed by atoms with E-state index in [1.54, 1.807) is 7.11 Å². The van der Waals surface area contributed by atoms with E-state index >= 15 is 0 Å².